The lowest BCUT2D eigenvalue weighted by molar-refractivity contribution is -0.139. The molecule has 5 heteroatoms. The monoisotopic (exact) mass is 426 g/mol. The van der Waals surface area contributed by atoms with Crippen LogP contribution >= 0.6 is 15.9 Å². The fourth-order valence-electron chi connectivity index (χ4n) is 4.02. The van der Waals surface area contributed by atoms with Gasteiger partial charge in [-0.05, 0) is 73.7 Å². The van der Waals surface area contributed by atoms with Crippen molar-refractivity contribution in [3.05, 3.63) is 74.8 Å². The third-order valence-electron chi connectivity index (χ3n) is 5.50. The highest BCUT2D eigenvalue weighted by atomic mass is 79.9. The van der Waals surface area contributed by atoms with Crippen molar-refractivity contribution in [2.45, 2.75) is 32.8 Å². The second kappa shape index (κ2) is 6.64. The van der Waals surface area contributed by atoms with Gasteiger partial charge in [0.05, 0.1) is 5.56 Å². The van der Waals surface area contributed by atoms with Crippen molar-refractivity contribution in [2.24, 2.45) is 5.92 Å². The Hall–Kier alpha value is -2.40. The van der Waals surface area contributed by atoms with Crippen molar-refractivity contribution in [3.63, 3.8) is 0 Å². The molecule has 27 heavy (non-hydrogen) atoms. The molecule has 0 bridgehead atoms. The lowest BCUT2D eigenvalue weighted by Crippen LogP contribution is -2.21. The van der Waals surface area contributed by atoms with Crippen molar-refractivity contribution in [3.8, 4) is 5.75 Å². The molecule has 1 aliphatic carbocycles. The molecular formula is C22H19BrO4. The highest BCUT2D eigenvalue weighted by Crippen LogP contribution is 2.49. The van der Waals surface area contributed by atoms with Crippen LogP contribution in [0.25, 0.3) is 0 Å². The first-order chi connectivity index (χ1) is 12.9. The van der Waals surface area contributed by atoms with Crippen LogP contribution in [-0.2, 0) is 16.0 Å². The smallest absolute Gasteiger partial charge is 0.343 e. The summed E-state index contributed by atoms with van der Waals surface area (Å²) in [6.45, 7) is 7.82. The van der Waals surface area contributed by atoms with Gasteiger partial charge in [0, 0.05) is 21.5 Å². The van der Waals surface area contributed by atoms with Crippen LogP contribution in [0.15, 0.2) is 47.0 Å². The number of hydrogen-bond acceptors (Lipinski definition) is 4. The van der Waals surface area contributed by atoms with E-state index in [-0.39, 0.29) is 18.0 Å². The number of carbonyl (C=O) groups excluding carboxylic acids is 2. The summed E-state index contributed by atoms with van der Waals surface area (Å²) >= 11 is 3.36. The van der Waals surface area contributed by atoms with Gasteiger partial charge in [0.25, 0.3) is 0 Å². The van der Waals surface area contributed by atoms with Crippen LogP contribution in [0.3, 0.4) is 0 Å². The van der Waals surface area contributed by atoms with Crippen LogP contribution in [0.1, 0.15) is 45.1 Å². The Balaban J connectivity index is 1.72. The molecule has 2 aliphatic rings. The lowest BCUT2D eigenvalue weighted by atomic mass is 9.76. The number of esters is 2. The number of carbonyl (C=O) groups is 2. The molecule has 1 heterocycles. The van der Waals surface area contributed by atoms with Gasteiger partial charge in [0.15, 0.2) is 0 Å². The van der Waals surface area contributed by atoms with Gasteiger partial charge in [-0.3, -0.25) is 0 Å². The van der Waals surface area contributed by atoms with E-state index < -0.39 is 5.97 Å². The van der Waals surface area contributed by atoms with E-state index in [1.165, 1.54) is 5.56 Å². The fourth-order valence-corrected chi connectivity index (χ4v) is 4.29. The molecule has 2 unspecified atom stereocenters. The number of ether oxygens (including phenoxy) is 2. The van der Waals surface area contributed by atoms with Gasteiger partial charge in [-0.15, -0.1) is 0 Å². The predicted molar refractivity (Wildman–Crippen MR) is 105 cm³/mol. The molecule has 0 N–H and O–H groups in total. The molecule has 0 spiro atoms. The molecule has 4 rings (SSSR count). The average Bonchev–Trinajstić information content (AvgIpc) is 2.94. The van der Waals surface area contributed by atoms with E-state index in [0.717, 1.165) is 34.0 Å². The maximum Gasteiger partial charge on any atom is 0.343 e. The quantitative estimate of drug-likeness (QED) is 0.385. The minimum absolute atomic E-state index is 0.000486. The van der Waals surface area contributed by atoms with E-state index >= 15 is 0 Å². The van der Waals surface area contributed by atoms with Crippen molar-refractivity contribution in [1.82, 2.24) is 0 Å². The van der Waals surface area contributed by atoms with Gasteiger partial charge in [-0.25, -0.2) is 9.59 Å². The molecule has 0 radical (unpaired) electrons. The van der Waals surface area contributed by atoms with Gasteiger partial charge >= 0.3 is 11.9 Å². The number of aryl methyl sites for hydroxylation is 1. The molecule has 0 saturated carbocycles. The SMILES string of the molecule is C=C1C(=O)OC2c3c(C)c(OC(=O)c4ccc(Br)cc4)cc(C)c3CCC12. The third kappa shape index (κ3) is 3.00. The fraction of sp³-hybridized carbons (Fsp3) is 0.273. The maximum atomic E-state index is 12.6. The van der Waals surface area contributed by atoms with Crippen molar-refractivity contribution < 1.29 is 19.1 Å². The summed E-state index contributed by atoms with van der Waals surface area (Å²) in [5.74, 6) is -0.230. The van der Waals surface area contributed by atoms with Crippen LogP contribution in [0, 0.1) is 19.8 Å². The van der Waals surface area contributed by atoms with Gasteiger partial charge in [0.2, 0.25) is 0 Å². The zero-order chi connectivity index (χ0) is 19.3. The Morgan fingerprint density at radius 2 is 1.96 bits per heavy atom. The van der Waals surface area contributed by atoms with Crippen molar-refractivity contribution >= 4 is 27.9 Å². The number of rotatable bonds is 2. The Labute approximate surface area is 166 Å². The zero-order valence-electron chi connectivity index (χ0n) is 15.2. The molecule has 138 valence electrons. The molecule has 1 aliphatic heterocycles. The first-order valence-electron chi connectivity index (χ1n) is 8.87. The topological polar surface area (TPSA) is 52.6 Å². The van der Waals surface area contributed by atoms with Crippen molar-refractivity contribution in [1.29, 1.82) is 0 Å². The van der Waals surface area contributed by atoms with E-state index in [1.807, 2.05) is 19.9 Å². The van der Waals surface area contributed by atoms with Gasteiger partial charge < -0.3 is 9.47 Å². The number of halogens is 1. The molecule has 2 aromatic carbocycles. The van der Waals surface area contributed by atoms with Crippen LogP contribution < -0.4 is 4.74 Å². The normalized spacial score (nSPS) is 20.7. The average molecular weight is 427 g/mol. The van der Waals surface area contributed by atoms with E-state index in [0.29, 0.717) is 16.9 Å². The molecule has 2 atom stereocenters. The second-order valence-electron chi connectivity index (χ2n) is 7.10. The molecular weight excluding hydrogens is 408 g/mol. The number of benzene rings is 2. The van der Waals surface area contributed by atoms with Gasteiger partial charge in [-0.2, -0.15) is 0 Å². The summed E-state index contributed by atoms with van der Waals surface area (Å²) < 4.78 is 12.2. The number of hydrogen-bond donors (Lipinski definition) is 0. The predicted octanol–water partition coefficient (Wildman–Crippen LogP) is 5.00. The zero-order valence-corrected chi connectivity index (χ0v) is 16.8. The van der Waals surface area contributed by atoms with E-state index in [2.05, 4.69) is 22.5 Å². The Bertz CT molecular complexity index is 975. The minimum Gasteiger partial charge on any atom is -0.453 e. The van der Waals surface area contributed by atoms with Crippen LogP contribution in [0.4, 0.5) is 0 Å². The van der Waals surface area contributed by atoms with E-state index in [1.54, 1.807) is 24.3 Å². The molecule has 4 nitrogen and oxygen atoms in total. The van der Waals surface area contributed by atoms with E-state index in [4.69, 9.17) is 9.47 Å². The third-order valence-corrected chi connectivity index (χ3v) is 6.03. The number of fused-ring (bicyclic) bond motifs is 3. The van der Waals surface area contributed by atoms with Gasteiger partial charge in [0.1, 0.15) is 11.9 Å². The standard InChI is InChI=1S/C22H19BrO4/c1-11-10-18(26-22(25)14-4-6-15(23)7-5-14)13(3)19-16(11)8-9-17-12(2)21(24)27-20(17)19/h4-7,10,17,20H,2,8-9H2,1,3H3. The Morgan fingerprint density at radius 3 is 2.67 bits per heavy atom. The lowest BCUT2D eigenvalue weighted by Gasteiger charge is -2.30. The molecule has 1 saturated heterocycles. The van der Waals surface area contributed by atoms with Gasteiger partial charge in [-0.1, -0.05) is 22.5 Å². The first-order valence-corrected chi connectivity index (χ1v) is 9.66. The van der Waals surface area contributed by atoms with Crippen molar-refractivity contribution in [2.75, 3.05) is 0 Å². The maximum absolute atomic E-state index is 12.6. The molecule has 2 aromatic rings. The molecule has 1 fully saturated rings. The summed E-state index contributed by atoms with van der Waals surface area (Å²) in [6, 6.07) is 8.93. The summed E-state index contributed by atoms with van der Waals surface area (Å²) in [5, 5.41) is 0. The summed E-state index contributed by atoms with van der Waals surface area (Å²) in [5.41, 5.74) is 5.06. The van der Waals surface area contributed by atoms with Crippen LogP contribution in [0.2, 0.25) is 0 Å². The summed E-state index contributed by atoms with van der Waals surface area (Å²) in [6.07, 6.45) is 1.37. The molecule has 0 amide bonds. The highest BCUT2D eigenvalue weighted by molar-refractivity contribution is 9.10. The van der Waals surface area contributed by atoms with Crippen LogP contribution in [-0.4, -0.2) is 11.9 Å². The summed E-state index contributed by atoms with van der Waals surface area (Å²) in [7, 11) is 0. The minimum atomic E-state index is -0.412. The first kappa shape index (κ1) is 18.0. The largest absolute Gasteiger partial charge is 0.453 e. The Morgan fingerprint density at radius 1 is 1.26 bits per heavy atom. The highest BCUT2D eigenvalue weighted by Gasteiger charge is 2.44. The summed E-state index contributed by atoms with van der Waals surface area (Å²) in [4.78, 5) is 24.6. The van der Waals surface area contributed by atoms with E-state index in [9.17, 15) is 9.59 Å². The molecule has 0 aromatic heterocycles. The Kier molecular flexibility index (Phi) is 4.42. The second-order valence-corrected chi connectivity index (χ2v) is 8.02. The van der Waals surface area contributed by atoms with Crippen LogP contribution in [0.5, 0.6) is 5.75 Å².